The van der Waals surface area contributed by atoms with E-state index in [4.69, 9.17) is 4.42 Å². The molecule has 5 rings (SSSR count). The molecule has 0 unspecified atom stereocenters. The van der Waals surface area contributed by atoms with Gasteiger partial charge in [0.15, 0.2) is 11.5 Å². The van der Waals surface area contributed by atoms with Crippen molar-refractivity contribution in [2.75, 3.05) is 11.9 Å². The summed E-state index contributed by atoms with van der Waals surface area (Å²) in [6, 6.07) is 10.7. The fourth-order valence-corrected chi connectivity index (χ4v) is 4.60. The Labute approximate surface area is 192 Å². The third-order valence-electron chi connectivity index (χ3n) is 6.40. The van der Waals surface area contributed by atoms with E-state index in [1.807, 2.05) is 11.9 Å². The number of carbonyl (C=O) groups excluding carboxylic acids is 1. The molecule has 34 heavy (non-hydrogen) atoms. The van der Waals surface area contributed by atoms with E-state index < -0.39 is 17.7 Å². The molecule has 1 aliphatic rings. The lowest BCUT2D eigenvalue weighted by atomic mass is 9.90. The van der Waals surface area contributed by atoms with Crippen LogP contribution in [0.2, 0.25) is 0 Å². The largest absolute Gasteiger partial charge is 0.451 e. The van der Waals surface area contributed by atoms with Gasteiger partial charge in [-0.05, 0) is 62.1 Å². The van der Waals surface area contributed by atoms with Crippen LogP contribution in [0.15, 0.2) is 53.1 Å². The van der Waals surface area contributed by atoms with Gasteiger partial charge in [-0.15, -0.1) is 0 Å². The van der Waals surface area contributed by atoms with Crippen molar-refractivity contribution < 1.29 is 26.8 Å². The third-order valence-corrected chi connectivity index (χ3v) is 6.40. The van der Waals surface area contributed by atoms with Crippen LogP contribution >= 0.6 is 0 Å². The molecule has 178 valence electrons. The van der Waals surface area contributed by atoms with Crippen molar-refractivity contribution in [3.8, 4) is 0 Å². The van der Waals surface area contributed by atoms with Gasteiger partial charge in [0, 0.05) is 30.7 Å². The third kappa shape index (κ3) is 4.20. The Morgan fingerprint density at radius 1 is 1.15 bits per heavy atom. The van der Waals surface area contributed by atoms with Crippen molar-refractivity contribution in [2.45, 2.75) is 43.9 Å². The van der Waals surface area contributed by atoms with Gasteiger partial charge in [-0.25, -0.2) is 9.37 Å². The fraction of sp³-hybridized carbons (Fsp3) is 0.333. The number of imidazole rings is 1. The summed E-state index contributed by atoms with van der Waals surface area (Å²) in [5.41, 5.74) is -0.240. The first-order valence-electron chi connectivity index (χ1n) is 11.0. The van der Waals surface area contributed by atoms with E-state index in [9.17, 15) is 22.4 Å². The van der Waals surface area contributed by atoms with Gasteiger partial charge < -0.3 is 14.6 Å². The SMILES string of the molecule is CN(c1cccc2nc(C(F)(F)F)cn12)[C@H]1CC[C@@H](NC(=O)c2cc3cc(F)ccc3o2)CC1. The molecule has 0 bridgehead atoms. The van der Waals surface area contributed by atoms with Gasteiger partial charge in [0.2, 0.25) is 0 Å². The van der Waals surface area contributed by atoms with Crippen LogP contribution in [-0.4, -0.2) is 34.4 Å². The molecule has 1 aliphatic carbocycles. The quantitative estimate of drug-likeness (QED) is 0.402. The number of carbonyl (C=O) groups is 1. The molecular formula is C24H22F4N4O2. The van der Waals surface area contributed by atoms with Crippen LogP contribution in [0.5, 0.6) is 0 Å². The topological polar surface area (TPSA) is 62.8 Å². The lowest BCUT2D eigenvalue weighted by Gasteiger charge is -2.36. The number of benzene rings is 1. The van der Waals surface area contributed by atoms with Crippen molar-refractivity contribution in [3.05, 3.63) is 65.9 Å². The minimum atomic E-state index is -4.51. The summed E-state index contributed by atoms with van der Waals surface area (Å²) in [7, 11) is 1.86. The zero-order valence-corrected chi connectivity index (χ0v) is 18.3. The van der Waals surface area contributed by atoms with Crippen LogP contribution in [0.4, 0.5) is 23.4 Å². The number of nitrogens with zero attached hydrogens (tertiary/aromatic N) is 3. The van der Waals surface area contributed by atoms with E-state index in [2.05, 4.69) is 10.3 Å². The average Bonchev–Trinajstić information content (AvgIpc) is 3.43. The first kappa shape index (κ1) is 22.2. The van der Waals surface area contributed by atoms with Crippen molar-refractivity contribution >= 4 is 28.3 Å². The normalized spacial score (nSPS) is 19.0. The van der Waals surface area contributed by atoms with Crippen molar-refractivity contribution in [3.63, 3.8) is 0 Å². The summed E-state index contributed by atoms with van der Waals surface area (Å²) in [6.45, 7) is 0. The molecule has 1 amide bonds. The highest BCUT2D eigenvalue weighted by Crippen LogP contribution is 2.32. The van der Waals surface area contributed by atoms with Crippen molar-refractivity contribution in [1.82, 2.24) is 14.7 Å². The monoisotopic (exact) mass is 474 g/mol. The van der Waals surface area contributed by atoms with Gasteiger partial charge in [-0.3, -0.25) is 9.20 Å². The maximum atomic E-state index is 13.4. The minimum absolute atomic E-state index is 0.0528. The number of alkyl halides is 3. The van der Waals surface area contributed by atoms with Gasteiger partial charge in [0.1, 0.15) is 22.9 Å². The summed E-state index contributed by atoms with van der Waals surface area (Å²) in [4.78, 5) is 18.3. The second-order valence-corrected chi connectivity index (χ2v) is 8.62. The Hall–Kier alpha value is -3.56. The lowest BCUT2D eigenvalue weighted by Crippen LogP contribution is -2.43. The molecule has 3 aromatic heterocycles. The lowest BCUT2D eigenvalue weighted by molar-refractivity contribution is -0.140. The smallest absolute Gasteiger partial charge is 0.434 e. The first-order valence-corrected chi connectivity index (χ1v) is 11.0. The van der Waals surface area contributed by atoms with E-state index in [0.29, 0.717) is 29.6 Å². The summed E-state index contributed by atoms with van der Waals surface area (Å²) < 4.78 is 59.7. The highest BCUT2D eigenvalue weighted by Gasteiger charge is 2.34. The molecule has 1 N–H and O–H groups in total. The highest BCUT2D eigenvalue weighted by atomic mass is 19.4. The summed E-state index contributed by atoms with van der Waals surface area (Å²) in [5, 5.41) is 3.50. The fourth-order valence-electron chi connectivity index (χ4n) is 4.60. The second kappa shape index (κ2) is 8.34. The van der Waals surface area contributed by atoms with Crippen LogP contribution in [0.1, 0.15) is 41.9 Å². The number of pyridine rings is 1. The van der Waals surface area contributed by atoms with Crippen LogP contribution in [0.3, 0.4) is 0 Å². The number of halogens is 4. The molecule has 6 nitrogen and oxygen atoms in total. The molecule has 10 heteroatoms. The van der Waals surface area contributed by atoms with Crippen LogP contribution in [-0.2, 0) is 6.18 Å². The highest BCUT2D eigenvalue weighted by molar-refractivity contribution is 5.96. The summed E-state index contributed by atoms with van der Waals surface area (Å²) >= 11 is 0. The second-order valence-electron chi connectivity index (χ2n) is 8.62. The zero-order valence-electron chi connectivity index (χ0n) is 18.3. The molecule has 0 saturated heterocycles. The van der Waals surface area contributed by atoms with E-state index in [-0.39, 0.29) is 29.4 Å². The predicted molar refractivity (Wildman–Crippen MR) is 118 cm³/mol. The Balaban J connectivity index is 1.24. The molecule has 0 spiro atoms. The minimum Gasteiger partial charge on any atom is -0.451 e. The Morgan fingerprint density at radius 2 is 1.91 bits per heavy atom. The van der Waals surface area contributed by atoms with Crippen LogP contribution < -0.4 is 10.2 Å². The molecule has 1 saturated carbocycles. The Kier molecular flexibility index (Phi) is 5.45. The molecule has 4 aromatic rings. The van der Waals surface area contributed by atoms with E-state index in [1.54, 1.807) is 18.2 Å². The Bertz CT molecular complexity index is 1350. The van der Waals surface area contributed by atoms with E-state index in [1.165, 1.54) is 28.7 Å². The van der Waals surface area contributed by atoms with E-state index in [0.717, 1.165) is 19.0 Å². The molecule has 0 radical (unpaired) electrons. The molecule has 1 aromatic carbocycles. The molecule has 0 atom stereocenters. The number of nitrogens with one attached hydrogen (secondary N) is 1. The standard InChI is InChI=1S/C24H22F4N4O2/c1-31(22-4-2-3-21-30-20(13-32(21)22)24(26,27)28)17-8-6-16(7-9-17)29-23(33)19-12-14-11-15(25)5-10-18(14)34-19/h2-5,10-13,16-17H,6-9H2,1H3,(H,29,33)/t16-,17+. The molecule has 3 heterocycles. The van der Waals surface area contributed by atoms with Gasteiger partial charge in [-0.2, -0.15) is 13.2 Å². The number of hydrogen-bond acceptors (Lipinski definition) is 4. The first-order chi connectivity index (χ1) is 16.2. The van der Waals surface area contributed by atoms with Crippen molar-refractivity contribution in [1.29, 1.82) is 0 Å². The van der Waals surface area contributed by atoms with Crippen LogP contribution in [0.25, 0.3) is 16.6 Å². The number of amides is 1. The molecular weight excluding hydrogens is 452 g/mol. The Morgan fingerprint density at radius 3 is 2.65 bits per heavy atom. The summed E-state index contributed by atoms with van der Waals surface area (Å²) in [5.74, 6) is 0.00887. The number of anilines is 1. The maximum absolute atomic E-state index is 13.4. The average molecular weight is 474 g/mol. The maximum Gasteiger partial charge on any atom is 0.434 e. The van der Waals surface area contributed by atoms with E-state index >= 15 is 0 Å². The van der Waals surface area contributed by atoms with Gasteiger partial charge in [0.25, 0.3) is 5.91 Å². The molecule has 0 aliphatic heterocycles. The summed E-state index contributed by atoms with van der Waals surface area (Å²) in [6.07, 6.45) is -0.557. The molecule has 1 fully saturated rings. The van der Waals surface area contributed by atoms with Gasteiger partial charge in [-0.1, -0.05) is 6.07 Å². The number of rotatable bonds is 4. The predicted octanol–water partition coefficient (Wildman–Crippen LogP) is 5.42. The van der Waals surface area contributed by atoms with Gasteiger partial charge in [0.05, 0.1) is 0 Å². The van der Waals surface area contributed by atoms with Crippen LogP contribution in [0, 0.1) is 5.82 Å². The number of hydrogen-bond donors (Lipinski definition) is 1. The number of aromatic nitrogens is 2. The van der Waals surface area contributed by atoms with Crippen molar-refractivity contribution in [2.24, 2.45) is 0 Å². The number of furan rings is 1. The van der Waals surface area contributed by atoms with Gasteiger partial charge >= 0.3 is 6.18 Å². The zero-order chi connectivity index (χ0) is 24.0. The number of fused-ring (bicyclic) bond motifs is 2.